The predicted molar refractivity (Wildman–Crippen MR) is 105 cm³/mol. The van der Waals surface area contributed by atoms with Crippen molar-refractivity contribution < 1.29 is 27.5 Å². The molecule has 0 aliphatic rings. The quantitative estimate of drug-likeness (QED) is 0.450. The van der Waals surface area contributed by atoms with Crippen LogP contribution in [-0.4, -0.2) is 19.0 Å². The molecule has 1 aromatic heterocycles. The van der Waals surface area contributed by atoms with E-state index in [0.29, 0.717) is 11.6 Å². The Balaban J connectivity index is 2.07. The largest absolute Gasteiger partial charge is 0.465 e. The number of ether oxygens (including phenoxy) is 1. The number of halogens is 3. The van der Waals surface area contributed by atoms with E-state index in [-0.39, 0.29) is 10.6 Å². The first-order valence-electron chi connectivity index (χ1n) is 8.48. The summed E-state index contributed by atoms with van der Waals surface area (Å²) in [4.78, 5) is 25.6. The van der Waals surface area contributed by atoms with Crippen molar-refractivity contribution >= 4 is 28.2 Å². The van der Waals surface area contributed by atoms with Crippen LogP contribution in [0.4, 0.5) is 18.2 Å². The molecular weight excluding hydrogens is 403 g/mol. The van der Waals surface area contributed by atoms with E-state index in [9.17, 15) is 22.8 Å². The Kier molecular flexibility index (Phi) is 5.74. The number of benzene rings is 2. The summed E-state index contributed by atoms with van der Waals surface area (Å²) in [5.74, 6) is -6.44. The van der Waals surface area contributed by atoms with Crippen LogP contribution in [0.3, 0.4) is 0 Å². The van der Waals surface area contributed by atoms with Crippen molar-refractivity contribution in [2.75, 3.05) is 12.4 Å². The van der Waals surface area contributed by atoms with Crippen LogP contribution < -0.4 is 5.32 Å². The number of methoxy groups -OCH3 is 1. The Labute approximate surface area is 168 Å². The SMILES string of the molecule is COC(=O)c1c(NC(=O)c2ccc(F)c(F)c2F)sc(C)c1-c1ccc(C)cc1. The number of hydrogen-bond acceptors (Lipinski definition) is 4. The first-order chi connectivity index (χ1) is 13.7. The van der Waals surface area contributed by atoms with E-state index in [4.69, 9.17) is 4.74 Å². The third kappa shape index (κ3) is 3.88. The van der Waals surface area contributed by atoms with E-state index in [0.717, 1.165) is 33.4 Å². The van der Waals surface area contributed by atoms with Gasteiger partial charge in [0.05, 0.1) is 12.7 Å². The molecule has 1 amide bonds. The van der Waals surface area contributed by atoms with Gasteiger partial charge in [-0.2, -0.15) is 0 Å². The summed E-state index contributed by atoms with van der Waals surface area (Å²) in [6.45, 7) is 3.69. The number of nitrogens with one attached hydrogen (secondary N) is 1. The van der Waals surface area contributed by atoms with Crippen molar-refractivity contribution in [3.8, 4) is 11.1 Å². The summed E-state index contributed by atoms with van der Waals surface area (Å²) in [6.07, 6.45) is 0. The molecule has 150 valence electrons. The molecule has 0 fully saturated rings. The van der Waals surface area contributed by atoms with E-state index in [2.05, 4.69) is 5.32 Å². The maximum Gasteiger partial charge on any atom is 0.341 e. The van der Waals surface area contributed by atoms with Gasteiger partial charge in [-0.15, -0.1) is 11.3 Å². The summed E-state index contributed by atoms with van der Waals surface area (Å²) >= 11 is 1.10. The molecule has 29 heavy (non-hydrogen) atoms. The fraction of sp³-hybridized carbons (Fsp3) is 0.143. The second-order valence-corrected chi connectivity index (χ2v) is 7.50. The maximum absolute atomic E-state index is 14.0. The highest BCUT2D eigenvalue weighted by atomic mass is 32.1. The van der Waals surface area contributed by atoms with E-state index >= 15 is 0 Å². The van der Waals surface area contributed by atoms with Crippen LogP contribution in [0.1, 0.15) is 31.2 Å². The summed E-state index contributed by atoms with van der Waals surface area (Å²) in [7, 11) is 1.20. The lowest BCUT2D eigenvalue weighted by Crippen LogP contribution is -2.16. The number of thiophene rings is 1. The molecule has 0 bridgehead atoms. The van der Waals surface area contributed by atoms with Crippen LogP contribution in [-0.2, 0) is 4.74 Å². The number of hydrogen-bond donors (Lipinski definition) is 1. The normalized spacial score (nSPS) is 10.7. The summed E-state index contributed by atoms with van der Waals surface area (Å²) < 4.78 is 45.4. The van der Waals surface area contributed by atoms with Gasteiger partial charge in [-0.1, -0.05) is 29.8 Å². The Morgan fingerprint density at radius 2 is 1.62 bits per heavy atom. The molecule has 0 atom stereocenters. The zero-order valence-corrected chi connectivity index (χ0v) is 16.5. The van der Waals surface area contributed by atoms with Crippen LogP contribution in [0, 0.1) is 31.3 Å². The maximum atomic E-state index is 14.0. The van der Waals surface area contributed by atoms with Gasteiger partial charge in [-0.05, 0) is 31.5 Å². The number of esters is 1. The molecule has 0 unspecified atom stereocenters. The van der Waals surface area contributed by atoms with Crippen LogP contribution in [0.2, 0.25) is 0 Å². The van der Waals surface area contributed by atoms with Gasteiger partial charge >= 0.3 is 5.97 Å². The van der Waals surface area contributed by atoms with Crippen molar-refractivity contribution in [3.05, 3.63) is 75.4 Å². The molecule has 0 radical (unpaired) electrons. The molecular formula is C21H16F3NO3S. The smallest absolute Gasteiger partial charge is 0.341 e. The van der Waals surface area contributed by atoms with Crippen molar-refractivity contribution in [3.63, 3.8) is 0 Å². The highest BCUT2D eigenvalue weighted by Crippen LogP contribution is 2.40. The minimum atomic E-state index is -1.74. The van der Waals surface area contributed by atoms with Gasteiger partial charge in [0.15, 0.2) is 17.5 Å². The molecule has 3 rings (SSSR count). The number of amides is 1. The van der Waals surface area contributed by atoms with Crippen molar-refractivity contribution in [2.45, 2.75) is 13.8 Å². The topological polar surface area (TPSA) is 55.4 Å². The Morgan fingerprint density at radius 3 is 2.24 bits per heavy atom. The van der Waals surface area contributed by atoms with Gasteiger partial charge in [0.2, 0.25) is 0 Å². The minimum absolute atomic E-state index is 0.107. The third-order valence-corrected chi connectivity index (χ3v) is 5.34. The van der Waals surface area contributed by atoms with Crippen molar-refractivity contribution in [2.24, 2.45) is 0 Å². The molecule has 0 saturated carbocycles. The predicted octanol–water partition coefficient (Wildman–Crippen LogP) is 5.49. The third-order valence-electron chi connectivity index (χ3n) is 4.32. The molecule has 1 N–H and O–H groups in total. The average Bonchev–Trinajstić information content (AvgIpc) is 3.01. The average molecular weight is 419 g/mol. The number of carbonyl (C=O) groups excluding carboxylic acids is 2. The van der Waals surface area contributed by atoms with Crippen LogP contribution in [0.15, 0.2) is 36.4 Å². The standard InChI is InChI=1S/C21H16F3NO3S/c1-10-4-6-12(7-5-10)15-11(2)29-20(16(15)21(27)28-3)25-19(26)13-8-9-14(22)18(24)17(13)23/h4-9H,1-3H3,(H,25,26). The molecule has 2 aromatic carbocycles. The van der Waals surface area contributed by atoms with Crippen LogP contribution in [0.5, 0.6) is 0 Å². The summed E-state index contributed by atoms with van der Waals surface area (Å²) in [5.41, 5.74) is 1.77. The minimum Gasteiger partial charge on any atom is -0.465 e. The van der Waals surface area contributed by atoms with Crippen LogP contribution >= 0.6 is 11.3 Å². The molecule has 0 saturated heterocycles. The van der Waals surface area contributed by atoms with Gasteiger partial charge in [-0.3, -0.25) is 4.79 Å². The van der Waals surface area contributed by atoms with Gasteiger partial charge in [0.1, 0.15) is 10.6 Å². The Morgan fingerprint density at radius 1 is 0.966 bits per heavy atom. The fourth-order valence-corrected chi connectivity index (χ4v) is 3.93. The van der Waals surface area contributed by atoms with Crippen molar-refractivity contribution in [1.29, 1.82) is 0 Å². The second-order valence-electron chi connectivity index (χ2n) is 6.27. The molecule has 3 aromatic rings. The van der Waals surface area contributed by atoms with E-state index in [1.165, 1.54) is 7.11 Å². The highest BCUT2D eigenvalue weighted by Gasteiger charge is 2.27. The second kappa shape index (κ2) is 8.08. The first kappa shape index (κ1) is 20.6. The monoisotopic (exact) mass is 419 g/mol. The first-order valence-corrected chi connectivity index (χ1v) is 9.29. The molecule has 1 heterocycles. The lowest BCUT2D eigenvalue weighted by atomic mass is 10.0. The Bertz CT molecular complexity index is 1110. The van der Waals surface area contributed by atoms with Gasteiger partial charge in [0, 0.05) is 10.4 Å². The molecule has 0 aliphatic carbocycles. The Hall–Kier alpha value is -3.13. The van der Waals surface area contributed by atoms with Gasteiger partial charge in [0.25, 0.3) is 5.91 Å². The summed E-state index contributed by atoms with van der Waals surface area (Å²) in [5, 5.41) is 2.55. The number of rotatable bonds is 4. The number of carbonyl (C=O) groups is 2. The fourth-order valence-electron chi connectivity index (χ4n) is 2.87. The van der Waals surface area contributed by atoms with E-state index in [1.54, 1.807) is 6.92 Å². The van der Waals surface area contributed by atoms with Gasteiger partial charge < -0.3 is 10.1 Å². The number of aryl methyl sites for hydroxylation is 2. The molecule has 0 spiro atoms. The van der Waals surface area contributed by atoms with Gasteiger partial charge in [-0.25, -0.2) is 18.0 Å². The molecule has 4 nitrogen and oxygen atoms in total. The summed E-state index contributed by atoms with van der Waals surface area (Å²) in [6, 6.07) is 8.91. The lowest BCUT2D eigenvalue weighted by molar-refractivity contribution is 0.0603. The zero-order valence-electron chi connectivity index (χ0n) is 15.7. The number of anilines is 1. The van der Waals surface area contributed by atoms with E-state index < -0.39 is 34.9 Å². The van der Waals surface area contributed by atoms with Crippen LogP contribution in [0.25, 0.3) is 11.1 Å². The van der Waals surface area contributed by atoms with Crippen molar-refractivity contribution in [1.82, 2.24) is 0 Å². The highest BCUT2D eigenvalue weighted by molar-refractivity contribution is 7.17. The molecule has 0 aliphatic heterocycles. The lowest BCUT2D eigenvalue weighted by Gasteiger charge is -2.09. The molecule has 8 heteroatoms. The zero-order chi connectivity index (χ0) is 21.3. The van der Waals surface area contributed by atoms with E-state index in [1.807, 2.05) is 31.2 Å².